The van der Waals surface area contributed by atoms with Crippen LogP contribution in [0.1, 0.15) is 24.5 Å². The van der Waals surface area contributed by atoms with Gasteiger partial charge in [0.15, 0.2) is 0 Å². The number of rotatable bonds is 3. The number of hydrogen-bond donors (Lipinski definition) is 1. The van der Waals surface area contributed by atoms with E-state index in [1.165, 1.54) is 17.9 Å². The zero-order valence-electron chi connectivity index (χ0n) is 11.4. The number of anilines is 1. The molecule has 110 valence electrons. The average molecular weight is 286 g/mol. The molecule has 1 heterocycles. The van der Waals surface area contributed by atoms with E-state index in [-0.39, 0.29) is 17.5 Å². The Labute approximate surface area is 115 Å². The van der Waals surface area contributed by atoms with Crippen molar-refractivity contribution in [3.8, 4) is 0 Å². The Morgan fingerprint density at radius 1 is 1.40 bits per heavy atom. The van der Waals surface area contributed by atoms with Crippen LogP contribution in [0.5, 0.6) is 0 Å². The highest BCUT2D eigenvalue weighted by atomic mass is 19.4. The molecule has 1 atom stereocenters. The van der Waals surface area contributed by atoms with Gasteiger partial charge in [-0.15, -0.1) is 0 Å². The predicted molar refractivity (Wildman–Crippen MR) is 70.6 cm³/mol. The van der Waals surface area contributed by atoms with E-state index in [4.69, 9.17) is 0 Å². The molecule has 0 saturated carbocycles. The zero-order valence-corrected chi connectivity index (χ0v) is 11.4. The highest BCUT2D eigenvalue weighted by molar-refractivity contribution is 5.99. The van der Waals surface area contributed by atoms with Gasteiger partial charge < -0.3 is 10.2 Å². The Hall–Kier alpha value is -1.56. The number of nitrogens with zero attached hydrogens (tertiary/aromatic N) is 1. The van der Waals surface area contributed by atoms with E-state index in [9.17, 15) is 18.0 Å². The van der Waals surface area contributed by atoms with Crippen molar-refractivity contribution in [2.24, 2.45) is 0 Å². The molecule has 0 radical (unpaired) electrons. The first-order valence-electron chi connectivity index (χ1n) is 6.57. The van der Waals surface area contributed by atoms with Crippen molar-refractivity contribution >= 4 is 11.6 Å². The maximum atomic E-state index is 12.9. The Morgan fingerprint density at radius 2 is 2.10 bits per heavy atom. The van der Waals surface area contributed by atoms with Gasteiger partial charge in [-0.2, -0.15) is 13.2 Å². The monoisotopic (exact) mass is 286 g/mol. The second kappa shape index (κ2) is 5.44. The van der Waals surface area contributed by atoms with Gasteiger partial charge in [0.2, 0.25) is 5.91 Å². The van der Waals surface area contributed by atoms with Crippen LogP contribution >= 0.6 is 0 Å². The Balaban J connectivity index is 2.29. The van der Waals surface area contributed by atoms with Crippen molar-refractivity contribution in [2.75, 3.05) is 18.0 Å². The van der Waals surface area contributed by atoms with Crippen LogP contribution in [0.3, 0.4) is 0 Å². The summed E-state index contributed by atoms with van der Waals surface area (Å²) >= 11 is 0. The summed E-state index contributed by atoms with van der Waals surface area (Å²) in [4.78, 5) is 13.5. The van der Waals surface area contributed by atoms with Gasteiger partial charge in [-0.3, -0.25) is 4.79 Å². The zero-order chi connectivity index (χ0) is 14.9. The van der Waals surface area contributed by atoms with Crippen LogP contribution in [0.4, 0.5) is 18.9 Å². The second-order valence-electron chi connectivity index (χ2n) is 4.89. The lowest BCUT2D eigenvalue weighted by molar-refractivity contribution is -0.138. The molecule has 20 heavy (non-hydrogen) atoms. The molecule has 0 aromatic heterocycles. The van der Waals surface area contributed by atoms with E-state index in [0.717, 1.165) is 6.07 Å². The molecule has 1 aromatic carbocycles. The number of benzene rings is 1. The van der Waals surface area contributed by atoms with Gasteiger partial charge in [-0.1, -0.05) is 13.0 Å². The van der Waals surface area contributed by atoms with E-state index >= 15 is 0 Å². The Morgan fingerprint density at radius 3 is 2.70 bits per heavy atom. The highest BCUT2D eigenvalue weighted by Gasteiger charge is 2.35. The van der Waals surface area contributed by atoms with E-state index < -0.39 is 11.7 Å². The van der Waals surface area contributed by atoms with E-state index in [1.807, 2.05) is 6.92 Å². The third-order valence-corrected chi connectivity index (χ3v) is 3.49. The fraction of sp³-hybridized carbons (Fsp3) is 0.500. The molecule has 0 spiro atoms. The molecule has 2 rings (SSSR count). The summed E-state index contributed by atoms with van der Waals surface area (Å²) in [6, 6.07) is 3.74. The number of carbonyl (C=O) groups is 1. The largest absolute Gasteiger partial charge is 0.416 e. The number of halogens is 3. The third-order valence-electron chi connectivity index (χ3n) is 3.49. The van der Waals surface area contributed by atoms with Crippen molar-refractivity contribution in [1.82, 2.24) is 5.32 Å². The van der Waals surface area contributed by atoms with Crippen LogP contribution in [0, 0.1) is 6.92 Å². The fourth-order valence-electron chi connectivity index (χ4n) is 2.46. The molecule has 1 aliphatic rings. The smallest absolute Gasteiger partial charge is 0.311 e. The molecule has 1 saturated heterocycles. The maximum Gasteiger partial charge on any atom is 0.416 e. The summed E-state index contributed by atoms with van der Waals surface area (Å²) in [5.74, 6) is -0.163. The van der Waals surface area contributed by atoms with Gasteiger partial charge in [0.05, 0.1) is 11.6 Å². The van der Waals surface area contributed by atoms with E-state index in [0.29, 0.717) is 25.2 Å². The van der Waals surface area contributed by atoms with Crippen LogP contribution in [0.15, 0.2) is 18.2 Å². The molecule has 0 bridgehead atoms. The normalized spacial score (nSPS) is 19.8. The fourth-order valence-corrected chi connectivity index (χ4v) is 2.46. The number of likely N-dealkylation sites (N-methyl/N-ethyl adjacent to an activating group) is 1. The summed E-state index contributed by atoms with van der Waals surface area (Å²) < 4.78 is 38.7. The minimum Gasteiger partial charge on any atom is -0.311 e. The molecule has 3 nitrogen and oxygen atoms in total. The minimum atomic E-state index is -4.40. The first kappa shape index (κ1) is 14.8. The average Bonchev–Trinajstić information content (AvgIpc) is 2.71. The van der Waals surface area contributed by atoms with Gasteiger partial charge in [-0.25, -0.2) is 0 Å². The van der Waals surface area contributed by atoms with Crippen molar-refractivity contribution in [2.45, 2.75) is 32.5 Å². The van der Waals surface area contributed by atoms with Gasteiger partial charge in [0.1, 0.15) is 0 Å². The first-order valence-corrected chi connectivity index (χ1v) is 6.57. The van der Waals surface area contributed by atoms with E-state index in [2.05, 4.69) is 5.32 Å². The number of aryl methyl sites for hydroxylation is 1. The number of alkyl halides is 3. The van der Waals surface area contributed by atoms with Crippen LogP contribution < -0.4 is 10.2 Å². The lowest BCUT2D eigenvalue weighted by Crippen LogP contribution is -2.38. The SMILES string of the molecule is CCNC1CCN(c2ccc(C)c(C(F)(F)F)c2)C1=O. The van der Waals surface area contributed by atoms with Crippen molar-refractivity contribution in [3.05, 3.63) is 29.3 Å². The number of amides is 1. The molecule has 0 aliphatic carbocycles. The van der Waals surface area contributed by atoms with Crippen LogP contribution in [0.2, 0.25) is 0 Å². The molecule has 1 aromatic rings. The summed E-state index contributed by atoms with van der Waals surface area (Å²) in [6.45, 7) is 4.41. The van der Waals surface area contributed by atoms with Crippen molar-refractivity contribution in [3.63, 3.8) is 0 Å². The van der Waals surface area contributed by atoms with Gasteiger partial charge >= 0.3 is 6.18 Å². The molecule has 1 fully saturated rings. The van der Waals surface area contributed by atoms with Crippen LogP contribution in [0.25, 0.3) is 0 Å². The molecule has 1 N–H and O–H groups in total. The van der Waals surface area contributed by atoms with Gasteiger partial charge in [0, 0.05) is 12.2 Å². The molecule has 6 heteroatoms. The van der Waals surface area contributed by atoms with Crippen molar-refractivity contribution < 1.29 is 18.0 Å². The third kappa shape index (κ3) is 2.80. The van der Waals surface area contributed by atoms with Crippen LogP contribution in [-0.2, 0) is 11.0 Å². The Bertz CT molecular complexity index is 514. The van der Waals surface area contributed by atoms with Crippen LogP contribution in [-0.4, -0.2) is 25.0 Å². The number of hydrogen-bond acceptors (Lipinski definition) is 2. The summed E-state index contributed by atoms with van der Waals surface area (Å²) in [5, 5.41) is 3.04. The van der Waals surface area contributed by atoms with Gasteiger partial charge in [0.25, 0.3) is 0 Å². The quantitative estimate of drug-likeness (QED) is 0.926. The molecule has 1 amide bonds. The summed E-state index contributed by atoms with van der Waals surface area (Å²) in [5.41, 5.74) is -0.209. The highest BCUT2D eigenvalue weighted by Crippen LogP contribution is 2.35. The van der Waals surface area contributed by atoms with E-state index in [1.54, 1.807) is 6.07 Å². The topological polar surface area (TPSA) is 32.3 Å². The summed E-state index contributed by atoms with van der Waals surface area (Å²) in [6.07, 6.45) is -3.79. The second-order valence-corrected chi connectivity index (χ2v) is 4.89. The van der Waals surface area contributed by atoms with Crippen molar-refractivity contribution in [1.29, 1.82) is 0 Å². The van der Waals surface area contributed by atoms with Gasteiger partial charge in [-0.05, 0) is 37.6 Å². The summed E-state index contributed by atoms with van der Waals surface area (Å²) in [7, 11) is 0. The first-order chi connectivity index (χ1) is 9.34. The predicted octanol–water partition coefficient (Wildman–Crippen LogP) is 2.73. The lowest BCUT2D eigenvalue weighted by atomic mass is 10.1. The molecular formula is C14H17F3N2O. The molecule has 1 unspecified atom stereocenters. The molecule has 1 aliphatic heterocycles. The lowest BCUT2D eigenvalue weighted by Gasteiger charge is -2.19. The number of nitrogens with one attached hydrogen (secondary N) is 1. The minimum absolute atomic E-state index is 0.163. The Kier molecular flexibility index (Phi) is 4.04. The maximum absolute atomic E-state index is 12.9. The molecular weight excluding hydrogens is 269 g/mol. The standard InChI is InChI=1S/C14H17F3N2O/c1-3-18-12-6-7-19(13(12)20)10-5-4-9(2)11(8-10)14(15,16)17/h4-5,8,12,18H,3,6-7H2,1-2H3. The number of carbonyl (C=O) groups excluding carboxylic acids is 1.